The average molecular weight is 346 g/mol. The topological polar surface area (TPSA) is 40.5 Å². The van der Waals surface area contributed by atoms with E-state index < -0.39 is 35.9 Å². The third-order valence-corrected chi connectivity index (χ3v) is 3.52. The lowest BCUT2D eigenvalue weighted by atomic mass is 10.2. The fraction of sp³-hybridized carbons (Fsp3) is 0.385. The van der Waals surface area contributed by atoms with Gasteiger partial charge in [0.25, 0.3) is 0 Å². The van der Waals surface area contributed by atoms with Gasteiger partial charge in [0.15, 0.2) is 12.2 Å². The van der Waals surface area contributed by atoms with Crippen molar-refractivity contribution >= 4 is 11.8 Å². The largest absolute Gasteiger partial charge is 0.418 e. The SMILES string of the molecule is O[C@H](/C=C(/C[C@@H](O)C(F)(F)F)Sc1ccccc1)C(F)(F)F. The summed E-state index contributed by atoms with van der Waals surface area (Å²) in [5.41, 5.74) is 0. The van der Waals surface area contributed by atoms with Crippen molar-refractivity contribution in [3.8, 4) is 0 Å². The molecule has 1 aromatic rings. The molecule has 0 saturated heterocycles. The maximum atomic E-state index is 12.3. The predicted octanol–water partition coefficient (Wildman–Crippen LogP) is 3.90. The molecule has 2 nitrogen and oxygen atoms in total. The van der Waals surface area contributed by atoms with Crippen LogP contribution >= 0.6 is 11.8 Å². The highest BCUT2D eigenvalue weighted by molar-refractivity contribution is 8.03. The number of alkyl halides is 6. The Bertz CT molecular complexity index is 497. The highest BCUT2D eigenvalue weighted by Crippen LogP contribution is 2.35. The normalized spacial score (nSPS) is 16.5. The Labute approximate surface area is 126 Å². The third-order valence-electron chi connectivity index (χ3n) is 2.44. The Balaban J connectivity index is 2.97. The van der Waals surface area contributed by atoms with Crippen LogP contribution in [0.25, 0.3) is 0 Å². The van der Waals surface area contributed by atoms with Gasteiger partial charge < -0.3 is 10.2 Å². The van der Waals surface area contributed by atoms with E-state index in [1.54, 1.807) is 18.2 Å². The first-order valence-electron chi connectivity index (χ1n) is 5.93. The molecule has 0 aliphatic rings. The van der Waals surface area contributed by atoms with Crippen molar-refractivity contribution < 1.29 is 36.6 Å². The van der Waals surface area contributed by atoms with E-state index in [2.05, 4.69) is 0 Å². The molecule has 0 radical (unpaired) electrons. The zero-order valence-electron chi connectivity index (χ0n) is 10.9. The second kappa shape index (κ2) is 7.38. The monoisotopic (exact) mass is 346 g/mol. The minimum atomic E-state index is -4.99. The number of aliphatic hydroxyl groups excluding tert-OH is 2. The summed E-state index contributed by atoms with van der Waals surface area (Å²) >= 11 is 0.619. The number of rotatable bonds is 5. The lowest BCUT2D eigenvalue weighted by Gasteiger charge is -2.18. The molecule has 0 bridgehead atoms. The summed E-state index contributed by atoms with van der Waals surface area (Å²) in [4.78, 5) is -0.0432. The summed E-state index contributed by atoms with van der Waals surface area (Å²) in [5, 5.41) is 18.0. The second-order valence-electron chi connectivity index (χ2n) is 4.30. The van der Waals surface area contributed by atoms with E-state index in [1.807, 2.05) is 0 Å². The molecule has 0 unspecified atom stereocenters. The molecule has 0 aromatic heterocycles. The van der Waals surface area contributed by atoms with Gasteiger partial charge in [0.2, 0.25) is 0 Å². The fourth-order valence-corrected chi connectivity index (χ4v) is 2.39. The molecule has 0 aliphatic carbocycles. The summed E-state index contributed by atoms with van der Waals surface area (Å²) in [7, 11) is 0. The Morgan fingerprint density at radius 1 is 1.00 bits per heavy atom. The molecular formula is C13H12F6O2S. The molecule has 0 spiro atoms. The van der Waals surface area contributed by atoms with Gasteiger partial charge in [0.1, 0.15) is 0 Å². The van der Waals surface area contributed by atoms with Crippen LogP contribution in [0, 0.1) is 0 Å². The first-order chi connectivity index (χ1) is 10.00. The van der Waals surface area contributed by atoms with Crippen LogP contribution in [-0.4, -0.2) is 34.8 Å². The Morgan fingerprint density at radius 2 is 1.55 bits per heavy atom. The van der Waals surface area contributed by atoms with Crippen LogP contribution in [0.5, 0.6) is 0 Å². The Hall–Kier alpha value is -1.19. The van der Waals surface area contributed by atoms with Crippen molar-refractivity contribution in [1.82, 2.24) is 0 Å². The molecule has 0 saturated carbocycles. The van der Waals surface area contributed by atoms with E-state index in [9.17, 15) is 26.3 Å². The van der Waals surface area contributed by atoms with Gasteiger partial charge in [-0.3, -0.25) is 0 Å². The maximum Gasteiger partial charge on any atom is 0.418 e. The van der Waals surface area contributed by atoms with Crippen LogP contribution in [0.3, 0.4) is 0 Å². The van der Waals surface area contributed by atoms with E-state index in [-0.39, 0.29) is 6.08 Å². The Morgan fingerprint density at radius 3 is 2.00 bits per heavy atom. The van der Waals surface area contributed by atoms with Crippen molar-refractivity contribution in [2.75, 3.05) is 0 Å². The minimum absolute atomic E-state index is 0.270. The molecule has 2 N–H and O–H groups in total. The van der Waals surface area contributed by atoms with Crippen molar-refractivity contribution in [2.24, 2.45) is 0 Å². The molecule has 1 aromatic carbocycles. The van der Waals surface area contributed by atoms with Gasteiger partial charge in [-0.05, 0) is 23.1 Å². The van der Waals surface area contributed by atoms with Crippen molar-refractivity contribution in [2.45, 2.75) is 35.9 Å². The van der Waals surface area contributed by atoms with Crippen LogP contribution in [0.1, 0.15) is 6.42 Å². The molecule has 0 heterocycles. The van der Waals surface area contributed by atoms with Gasteiger partial charge in [-0.15, -0.1) is 0 Å². The van der Waals surface area contributed by atoms with Gasteiger partial charge in [-0.25, -0.2) is 0 Å². The summed E-state index contributed by atoms with van der Waals surface area (Å²) in [6, 6.07) is 7.71. The number of hydrogen-bond acceptors (Lipinski definition) is 3. The molecule has 0 aliphatic heterocycles. The van der Waals surface area contributed by atoms with Gasteiger partial charge in [0.05, 0.1) is 0 Å². The van der Waals surface area contributed by atoms with Gasteiger partial charge in [-0.2, -0.15) is 26.3 Å². The van der Waals surface area contributed by atoms with E-state index in [0.717, 1.165) is 0 Å². The van der Waals surface area contributed by atoms with Crippen molar-refractivity contribution in [3.05, 3.63) is 41.3 Å². The van der Waals surface area contributed by atoms with Crippen LogP contribution in [-0.2, 0) is 0 Å². The first-order valence-corrected chi connectivity index (χ1v) is 6.75. The van der Waals surface area contributed by atoms with Crippen LogP contribution in [0.15, 0.2) is 46.2 Å². The number of aliphatic hydroxyl groups is 2. The highest BCUT2D eigenvalue weighted by atomic mass is 32.2. The lowest BCUT2D eigenvalue weighted by Crippen LogP contribution is -2.30. The van der Waals surface area contributed by atoms with Crippen LogP contribution < -0.4 is 0 Å². The number of thioether (sulfide) groups is 1. The number of hydrogen-bond donors (Lipinski definition) is 2. The predicted molar refractivity (Wildman–Crippen MR) is 69.1 cm³/mol. The quantitative estimate of drug-likeness (QED) is 0.628. The zero-order chi connectivity index (χ0) is 17.0. The lowest BCUT2D eigenvalue weighted by molar-refractivity contribution is -0.202. The Kier molecular flexibility index (Phi) is 6.33. The van der Waals surface area contributed by atoms with Gasteiger partial charge >= 0.3 is 12.4 Å². The second-order valence-corrected chi connectivity index (χ2v) is 5.50. The summed E-state index contributed by atoms with van der Waals surface area (Å²) < 4.78 is 74.0. The van der Waals surface area contributed by atoms with Gasteiger partial charge in [0, 0.05) is 11.3 Å². The average Bonchev–Trinajstić information content (AvgIpc) is 2.37. The summed E-state index contributed by atoms with van der Waals surface area (Å²) in [6.45, 7) is 0. The molecule has 2 atom stereocenters. The highest BCUT2D eigenvalue weighted by Gasteiger charge is 2.40. The molecule has 1 rings (SSSR count). The molecule has 22 heavy (non-hydrogen) atoms. The van der Waals surface area contributed by atoms with Crippen molar-refractivity contribution in [1.29, 1.82) is 0 Å². The molecule has 124 valence electrons. The van der Waals surface area contributed by atoms with E-state index in [1.165, 1.54) is 12.1 Å². The van der Waals surface area contributed by atoms with Crippen LogP contribution in [0.2, 0.25) is 0 Å². The third kappa shape index (κ3) is 6.29. The molecule has 0 amide bonds. The maximum absolute atomic E-state index is 12.3. The van der Waals surface area contributed by atoms with E-state index in [0.29, 0.717) is 16.7 Å². The van der Waals surface area contributed by atoms with Crippen molar-refractivity contribution in [3.63, 3.8) is 0 Å². The van der Waals surface area contributed by atoms with Gasteiger partial charge in [-0.1, -0.05) is 30.0 Å². The summed E-state index contributed by atoms with van der Waals surface area (Å²) in [5.74, 6) is 0. The summed E-state index contributed by atoms with van der Waals surface area (Å²) in [6.07, 6.45) is -16.5. The van der Waals surface area contributed by atoms with E-state index in [4.69, 9.17) is 10.2 Å². The number of halogens is 6. The zero-order valence-corrected chi connectivity index (χ0v) is 11.7. The first kappa shape index (κ1) is 18.9. The van der Waals surface area contributed by atoms with Crippen LogP contribution in [0.4, 0.5) is 26.3 Å². The number of benzene rings is 1. The fourth-order valence-electron chi connectivity index (χ4n) is 1.36. The molecule has 9 heteroatoms. The minimum Gasteiger partial charge on any atom is -0.383 e. The van der Waals surface area contributed by atoms with E-state index >= 15 is 0 Å². The molecule has 0 fully saturated rings. The standard InChI is InChI=1S/C13H12F6O2S/c14-12(15,16)10(20)6-9(7-11(21)13(17,18)19)22-8-4-2-1-3-5-8/h1-6,10-11,20-21H,7H2/b9-6-/t10-,11-/m1/s1. The molecular weight excluding hydrogens is 334 g/mol. The smallest absolute Gasteiger partial charge is 0.383 e.